The van der Waals surface area contributed by atoms with Gasteiger partial charge in [-0.25, -0.2) is 0 Å². The van der Waals surface area contributed by atoms with Gasteiger partial charge in [0, 0.05) is 5.97 Å². The maximum Gasteiger partial charge on any atom is 1.00 e. The van der Waals surface area contributed by atoms with Gasteiger partial charge in [-0.3, -0.25) is 0 Å². The van der Waals surface area contributed by atoms with Crippen molar-refractivity contribution >= 4 is 5.97 Å². The quantitative estimate of drug-likeness (QED) is 0.294. The van der Waals surface area contributed by atoms with Gasteiger partial charge in [-0.1, -0.05) is 7.43 Å². The molecule has 0 N–H and O–H groups in total. The van der Waals surface area contributed by atoms with E-state index >= 15 is 0 Å². The van der Waals surface area contributed by atoms with E-state index in [-0.39, 0.29) is 37.0 Å². The van der Waals surface area contributed by atoms with Gasteiger partial charge < -0.3 is 9.90 Å². The Kier molecular flexibility index (Phi) is 24.3. The van der Waals surface area contributed by atoms with Crippen molar-refractivity contribution in [2.24, 2.45) is 0 Å². The number of carboxylic acids is 1. The van der Waals surface area contributed by atoms with Crippen molar-refractivity contribution in [1.82, 2.24) is 0 Å². The topological polar surface area (TPSA) is 40.1 Å². The summed E-state index contributed by atoms with van der Waals surface area (Å²) in [6, 6.07) is 0. The first kappa shape index (κ1) is 16.1. The Labute approximate surface area is 59.8 Å². The minimum absolute atomic E-state index is 0. The van der Waals surface area contributed by atoms with Crippen LogP contribution in [0, 0.1) is 0 Å². The second-order valence-corrected chi connectivity index (χ2v) is 0.492. The molecule has 0 amide bonds. The van der Waals surface area contributed by atoms with Gasteiger partial charge in [0.2, 0.25) is 0 Å². The van der Waals surface area contributed by atoms with Crippen molar-refractivity contribution in [3.63, 3.8) is 0 Å². The van der Waals surface area contributed by atoms with Crippen molar-refractivity contribution in [2.45, 2.75) is 14.4 Å². The van der Waals surface area contributed by atoms with E-state index in [0.717, 1.165) is 6.92 Å². The maximum atomic E-state index is 8.89. The summed E-state index contributed by atoms with van der Waals surface area (Å²) < 4.78 is 0. The molecule has 32 valence electrons. The van der Waals surface area contributed by atoms with Gasteiger partial charge in [0.05, 0.1) is 0 Å². The van der Waals surface area contributed by atoms with Gasteiger partial charge in [0.15, 0.2) is 0 Å². The number of carboxylic acid groups (broad SMARTS) is 1. The summed E-state index contributed by atoms with van der Waals surface area (Å²) in [6.07, 6.45) is 0. The molecule has 3 heteroatoms. The average Bonchev–Trinajstić information content (AvgIpc) is 0.811. The predicted molar refractivity (Wildman–Crippen MR) is 17.4 cm³/mol. The summed E-state index contributed by atoms with van der Waals surface area (Å²) in [7, 11) is 0. The molecule has 0 aromatic rings. The van der Waals surface area contributed by atoms with E-state index in [1.807, 2.05) is 0 Å². The van der Waals surface area contributed by atoms with Gasteiger partial charge in [-0.15, -0.1) is 0 Å². The molecule has 0 heterocycles. The maximum absolute atomic E-state index is 8.89. The zero-order valence-corrected chi connectivity index (χ0v) is 5.32. The standard InChI is InChI=1S/C2H4O2.CH4.Na/c1-2(3)4;;/h1H3,(H,3,4);1H4;/q;;+1/p-1. The molecule has 0 fully saturated rings. The smallest absolute Gasteiger partial charge is 0.550 e. The minimum Gasteiger partial charge on any atom is -0.550 e. The predicted octanol–water partition coefficient (Wildman–Crippen LogP) is -3.60. The normalized spacial score (nSPS) is 4.17. The number of carbonyl (C=O) groups excluding carboxylic acids is 1. The molecular weight excluding hydrogens is 91.0 g/mol. The van der Waals surface area contributed by atoms with Gasteiger partial charge in [0.1, 0.15) is 0 Å². The Hall–Kier alpha value is 0.470. The molecule has 2 nitrogen and oxygen atoms in total. The summed E-state index contributed by atoms with van der Waals surface area (Å²) >= 11 is 0. The molecule has 0 aliphatic carbocycles. The zero-order valence-electron chi connectivity index (χ0n) is 3.32. The molecule has 0 aromatic carbocycles. The third-order valence-electron chi connectivity index (χ3n) is 0. The van der Waals surface area contributed by atoms with Crippen LogP contribution in [0.4, 0.5) is 0 Å². The van der Waals surface area contributed by atoms with Crippen LogP contribution in [-0.4, -0.2) is 5.97 Å². The minimum atomic E-state index is -1.08. The number of rotatable bonds is 0. The molecule has 0 unspecified atom stereocenters. The van der Waals surface area contributed by atoms with E-state index in [4.69, 9.17) is 9.90 Å². The molecule has 0 aromatic heterocycles. The summed E-state index contributed by atoms with van der Waals surface area (Å²) in [6.45, 7) is 0.972. The fraction of sp³-hybridized carbons (Fsp3) is 0.667. The summed E-state index contributed by atoms with van der Waals surface area (Å²) in [5.74, 6) is -1.08. The first-order chi connectivity index (χ1) is 1.73. The molecule has 0 aliphatic heterocycles. The van der Waals surface area contributed by atoms with Crippen LogP contribution in [0.1, 0.15) is 14.4 Å². The van der Waals surface area contributed by atoms with Crippen molar-refractivity contribution in [3.05, 3.63) is 0 Å². The Morgan fingerprint density at radius 3 is 1.67 bits per heavy atom. The zero-order chi connectivity index (χ0) is 3.58. The van der Waals surface area contributed by atoms with Crippen LogP contribution in [0.15, 0.2) is 0 Å². The second-order valence-electron chi connectivity index (χ2n) is 0.492. The number of hydrogen-bond acceptors (Lipinski definition) is 2. The van der Waals surface area contributed by atoms with E-state index < -0.39 is 5.97 Å². The SMILES string of the molecule is C.CC(=O)[O-].[Na+]. The molecule has 0 atom stereocenters. The Morgan fingerprint density at radius 2 is 1.67 bits per heavy atom. The summed E-state index contributed by atoms with van der Waals surface area (Å²) in [5, 5.41) is 8.89. The van der Waals surface area contributed by atoms with Gasteiger partial charge in [0.25, 0.3) is 0 Å². The largest absolute Gasteiger partial charge is 1.00 e. The van der Waals surface area contributed by atoms with Crippen LogP contribution in [0.5, 0.6) is 0 Å². The van der Waals surface area contributed by atoms with E-state index in [9.17, 15) is 0 Å². The molecule has 0 saturated carbocycles. The van der Waals surface area contributed by atoms with Crippen molar-refractivity contribution in [1.29, 1.82) is 0 Å². The Balaban J connectivity index is -0.0000000450. The van der Waals surface area contributed by atoms with Crippen molar-refractivity contribution in [3.8, 4) is 0 Å². The third kappa shape index (κ3) is 244. The molecule has 0 radical (unpaired) electrons. The molecule has 0 aliphatic rings. The first-order valence-electron chi connectivity index (χ1n) is 0.908. The van der Waals surface area contributed by atoms with Crippen LogP contribution in [0.25, 0.3) is 0 Å². The van der Waals surface area contributed by atoms with E-state index in [0.29, 0.717) is 0 Å². The average molecular weight is 98.1 g/mol. The molecule has 0 spiro atoms. The number of hydrogen-bond donors (Lipinski definition) is 0. The molecule has 0 rings (SSSR count). The van der Waals surface area contributed by atoms with E-state index in [2.05, 4.69) is 0 Å². The van der Waals surface area contributed by atoms with Crippen molar-refractivity contribution < 1.29 is 39.5 Å². The molecule has 6 heavy (non-hydrogen) atoms. The van der Waals surface area contributed by atoms with Gasteiger partial charge >= 0.3 is 29.6 Å². The monoisotopic (exact) mass is 98.0 g/mol. The molecular formula is C3H7NaO2. The van der Waals surface area contributed by atoms with Crippen LogP contribution in [0.3, 0.4) is 0 Å². The Bertz CT molecular complexity index is 31.8. The third-order valence-corrected chi connectivity index (χ3v) is 0. The fourth-order valence-corrected chi connectivity index (χ4v) is 0. The van der Waals surface area contributed by atoms with Gasteiger partial charge in [-0.05, 0) is 6.92 Å². The summed E-state index contributed by atoms with van der Waals surface area (Å²) in [5.41, 5.74) is 0. The first-order valence-corrected chi connectivity index (χ1v) is 0.908. The van der Waals surface area contributed by atoms with Crippen molar-refractivity contribution in [2.75, 3.05) is 0 Å². The summed E-state index contributed by atoms with van der Waals surface area (Å²) in [4.78, 5) is 8.89. The number of carbonyl (C=O) groups is 1. The Morgan fingerprint density at radius 1 is 1.67 bits per heavy atom. The number of aliphatic carboxylic acids is 1. The molecule has 0 bridgehead atoms. The van der Waals surface area contributed by atoms with Crippen LogP contribution in [-0.2, 0) is 4.79 Å². The fourth-order valence-electron chi connectivity index (χ4n) is 0. The van der Waals surface area contributed by atoms with E-state index in [1.54, 1.807) is 0 Å². The second kappa shape index (κ2) is 9.08. The van der Waals surface area contributed by atoms with Gasteiger partial charge in [-0.2, -0.15) is 0 Å². The van der Waals surface area contributed by atoms with Crippen LogP contribution < -0.4 is 34.7 Å². The van der Waals surface area contributed by atoms with Crippen LogP contribution in [0.2, 0.25) is 0 Å². The van der Waals surface area contributed by atoms with E-state index in [1.165, 1.54) is 0 Å². The molecule has 0 saturated heterocycles. The van der Waals surface area contributed by atoms with Crippen LogP contribution >= 0.6 is 0 Å².